The van der Waals surface area contributed by atoms with E-state index in [2.05, 4.69) is 42.6 Å². The molecule has 0 aliphatic carbocycles. The third kappa shape index (κ3) is 2.26. The van der Waals surface area contributed by atoms with Crippen molar-refractivity contribution in [3.8, 4) is 0 Å². The molecule has 0 amide bonds. The minimum Gasteiger partial charge on any atom is -0.302 e. The molecule has 1 aliphatic rings. The van der Waals surface area contributed by atoms with Crippen LogP contribution in [0.4, 0.5) is 0 Å². The lowest BCUT2D eigenvalue weighted by Crippen LogP contribution is -2.35. The van der Waals surface area contributed by atoms with Crippen LogP contribution in [0.15, 0.2) is 30.3 Å². The molecule has 70 valence electrons. The van der Waals surface area contributed by atoms with E-state index >= 15 is 0 Å². The number of hydrogen-bond acceptors (Lipinski definition) is 2. The second-order valence-electron chi connectivity index (χ2n) is 3.67. The molecule has 0 radical (unpaired) electrons. The highest BCUT2D eigenvalue weighted by atomic mass is 32.2. The highest BCUT2D eigenvalue weighted by Gasteiger charge is 2.28. The Morgan fingerprint density at radius 3 is 2.77 bits per heavy atom. The van der Waals surface area contributed by atoms with Gasteiger partial charge >= 0.3 is 0 Å². The Morgan fingerprint density at radius 1 is 1.38 bits per heavy atom. The highest BCUT2D eigenvalue weighted by molar-refractivity contribution is 8.00. The maximum atomic E-state index is 3.54. The summed E-state index contributed by atoms with van der Waals surface area (Å²) in [5.41, 5.74) is 1.42. The summed E-state index contributed by atoms with van der Waals surface area (Å²) in [6, 6.07) is 10.7. The zero-order valence-corrected chi connectivity index (χ0v) is 8.73. The normalized spacial score (nSPS) is 27.8. The van der Waals surface area contributed by atoms with E-state index in [1.807, 2.05) is 11.8 Å². The first-order valence-corrected chi connectivity index (χ1v) is 5.70. The molecule has 1 fully saturated rings. The Hall–Kier alpha value is -0.470. The SMILES string of the molecule is C[C@]1(Cc2ccccc2)NCCS1. The van der Waals surface area contributed by atoms with Gasteiger partial charge in [-0.2, -0.15) is 0 Å². The highest BCUT2D eigenvalue weighted by Crippen LogP contribution is 2.29. The molecule has 0 bridgehead atoms. The molecule has 1 aromatic rings. The van der Waals surface area contributed by atoms with Gasteiger partial charge in [-0.05, 0) is 18.9 Å². The van der Waals surface area contributed by atoms with Crippen molar-refractivity contribution < 1.29 is 0 Å². The van der Waals surface area contributed by atoms with Crippen LogP contribution in [0.1, 0.15) is 12.5 Å². The van der Waals surface area contributed by atoms with Crippen molar-refractivity contribution in [3.63, 3.8) is 0 Å². The molecule has 1 N–H and O–H groups in total. The molecular formula is C11H15NS. The maximum absolute atomic E-state index is 3.54. The summed E-state index contributed by atoms with van der Waals surface area (Å²) in [7, 11) is 0. The predicted molar refractivity (Wildman–Crippen MR) is 59.0 cm³/mol. The molecule has 1 atom stereocenters. The maximum Gasteiger partial charge on any atom is 0.0658 e. The van der Waals surface area contributed by atoms with Crippen LogP contribution < -0.4 is 5.32 Å². The first-order valence-electron chi connectivity index (χ1n) is 4.71. The summed E-state index contributed by atoms with van der Waals surface area (Å²) in [5.74, 6) is 1.24. The lowest BCUT2D eigenvalue weighted by molar-refractivity contribution is 0.542. The molecule has 1 nitrogen and oxygen atoms in total. The molecule has 0 saturated carbocycles. The number of rotatable bonds is 2. The van der Waals surface area contributed by atoms with Crippen LogP contribution in [0.2, 0.25) is 0 Å². The summed E-state index contributed by atoms with van der Waals surface area (Å²) >= 11 is 2.03. The molecule has 0 spiro atoms. The minimum absolute atomic E-state index is 0.265. The van der Waals surface area contributed by atoms with Gasteiger partial charge in [0.25, 0.3) is 0 Å². The lowest BCUT2D eigenvalue weighted by Gasteiger charge is -2.23. The fraction of sp³-hybridized carbons (Fsp3) is 0.455. The van der Waals surface area contributed by atoms with Gasteiger partial charge in [0.2, 0.25) is 0 Å². The Kier molecular flexibility index (Phi) is 2.61. The van der Waals surface area contributed by atoms with Crippen molar-refractivity contribution in [3.05, 3.63) is 35.9 Å². The first kappa shape index (κ1) is 9.10. The largest absolute Gasteiger partial charge is 0.302 e. The quantitative estimate of drug-likeness (QED) is 0.773. The van der Waals surface area contributed by atoms with Crippen LogP contribution in [0.5, 0.6) is 0 Å². The van der Waals surface area contributed by atoms with Gasteiger partial charge in [-0.1, -0.05) is 30.3 Å². The average molecular weight is 193 g/mol. The van der Waals surface area contributed by atoms with Gasteiger partial charge in [-0.15, -0.1) is 11.8 Å². The standard InChI is InChI=1S/C11H15NS/c1-11(12-7-8-13-11)9-10-5-3-2-4-6-10/h2-6,12H,7-9H2,1H3/t11-/m0/s1. The Balaban J connectivity index is 2.05. The minimum atomic E-state index is 0.265. The molecule has 1 aromatic carbocycles. The van der Waals surface area contributed by atoms with E-state index in [9.17, 15) is 0 Å². The number of benzene rings is 1. The van der Waals surface area contributed by atoms with Gasteiger partial charge in [-0.25, -0.2) is 0 Å². The molecule has 2 heteroatoms. The van der Waals surface area contributed by atoms with Crippen molar-refractivity contribution >= 4 is 11.8 Å². The van der Waals surface area contributed by atoms with Crippen molar-refractivity contribution in [1.82, 2.24) is 5.32 Å². The van der Waals surface area contributed by atoms with Crippen LogP contribution in [0.3, 0.4) is 0 Å². The van der Waals surface area contributed by atoms with Crippen molar-refractivity contribution in [1.29, 1.82) is 0 Å². The van der Waals surface area contributed by atoms with Gasteiger partial charge in [0.15, 0.2) is 0 Å². The summed E-state index contributed by atoms with van der Waals surface area (Å²) in [6.07, 6.45) is 1.12. The summed E-state index contributed by atoms with van der Waals surface area (Å²) in [6.45, 7) is 3.44. The third-order valence-electron chi connectivity index (χ3n) is 2.41. The van der Waals surface area contributed by atoms with E-state index in [0.717, 1.165) is 13.0 Å². The number of thioether (sulfide) groups is 1. The van der Waals surface area contributed by atoms with Crippen LogP contribution >= 0.6 is 11.8 Å². The van der Waals surface area contributed by atoms with E-state index in [1.165, 1.54) is 11.3 Å². The zero-order chi connectivity index (χ0) is 9.15. The molecule has 13 heavy (non-hydrogen) atoms. The topological polar surface area (TPSA) is 12.0 Å². The van der Waals surface area contributed by atoms with Gasteiger partial charge in [-0.3, -0.25) is 0 Å². The van der Waals surface area contributed by atoms with Crippen LogP contribution in [-0.4, -0.2) is 17.2 Å². The summed E-state index contributed by atoms with van der Waals surface area (Å²) in [4.78, 5) is 0.265. The van der Waals surface area contributed by atoms with E-state index in [1.54, 1.807) is 0 Å². The van der Waals surface area contributed by atoms with E-state index in [4.69, 9.17) is 0 Å². The van der Waals surface area contributed by atoms with Gasteiger partial charge in [0.05, 0.1) is 4.87 Å². The summed E-state index contributed by atoms with van der Waals surface area (Å²) < 4.78 is 0. The zero-order valence-electron chi connectivity index (χ0n) is 7.92. The number of hydrogen-bond donors (Lipinski definition) is 1. The molecule has 1 saturated heterocycles. The summed E-state index contributed by atoms with van der Waals surface area (Å²) in [5, 5.41) is 3.54. The van der Waals surface area contributed by atoms with E-state index < -0.39 is 0 Å². The van der Waals surface area contributed by atoms with Crippen LogP contribution in [0.25, 0.3) is 0 Å². The monoisotopic (exact) mass is 193 g/mol. The molecule has 1 heterocycles. The lowest BCUT2D eigenvalue weighted by atomic mass is 10.1. The van der Waals surface area contributed by atoms with E-state index in [-0.39, 0.29) is 4.87 Å². The van der Waals surface area contributed by atoms with Gasteiger partial charge < -0.3 is 5.32 Å². The number of nitrogens with one attached hydrogen (secondary N) is 1. The second-order valence-corrected chi connectivity index (χ2v) is 5.27. The van der Waals surface area contributed by atoms with Crippen LogP contribution in [-0.2, 0) is 6.42 Å². The Morgan fingerprint density at radius 2 is 2.15 bits per heavy atom. The second kappa shape index (κ2) is 3.72. The fourth-order valence-electron chi connectivity index (χ4n) is 1.74. The molecule has 1 aliphatic heterocycles. The van der Waals surface area contributed by atoms with Crippen molar-refractivity contribution in [2.45, 2.75) is 18.2 Å². The Labute approximate surface area is 83.9 Å². The molecule has 0 aromatic heterocycles. The molecule has 0 unspecified atom stereocenters. The van der Waals surface area contributed by atoms with Crippen molar-refractivity contribution in [2.24, 2.45) is 0 Å². The first-order chi connectivity index (χ1) is 6.29. The smallest absolute Gasteiger partial charge is 0.0658 e. The van der Waals surface area contributed by atoms with Crippen molar-refractivity contribution in [2.75, 3.05) is 12.3 Å². The third-order valence-corrected chi connectivity index (χ3v) is 3.74. The fourth-order valence-corrected chi connectivity index (χ4v) is 2.87. The Bertz CT molecular complexity index is 265. The van der Waals surface area contributed by atoms with Crippen LogP contribution in [0, 0.1) is 0 Å². The molecule has 2 rings (SSSR count). The average Bonchev–Trinajstić information content (AvgIpc) is 2.54. The van der Waals surface area contributed by atoms with Gasteiger partial charge in [0.1, 0.15) is 0 Å². The predicted octanol–water partition coefficient (Wildman–Crippen LogP) is 2.28. The van der Waals surface area contributed by atoms with E-state index in [0.29, 0.717) is 0 Å². The molecular weight excluding hydrogens is 178 g/mol. The van der Waals surface area contributed by atoms with Gasteiger partial charge in [0, 0.05) is 12.3 Å².